The van der Waals surface area contributed by atoms with E-state index >= 15 is 0 Å². The third-order valence-electron chi connectivity index (χ3n) is 3.87. The molecule has 8 heteroatoms. The van der Waals surface area contributed by atoms with Crippen LogP contribution in [0.5, 0.6) is 0 Å². The first-order valence-corrected chi connectivity index (χ1v) is 7.70. The number of hydrogen-bond donors (Lipinski definition) is 1. The number of nitrogens with zero attached hydrogens (tertiary/aromatic N) is 2. The predicted octanol–water partition coefficient (Wildman–Crippen LogP) is 3.91. The number of nitrogens with one attached hydrogen (secondary N) is 1. The molecule has 0 aliphatic heterocycles. The molecule has 1 aliphatic carbocycles. The maximum Gasteiger partial charge on any atom is 0.436 e. The largest absolute Gasteiger partial charge is 0.436 e. The van der Waals surface area contributed by atoms with Gasteiger partial charge in [0.05, 0.1) is 10.7 Å². The summed E-state index contributed by atoms with van der Waals surface area (Å²) in [6.07, 6.45) is -2.36. The van der Waals surface area contributed by atoms with Gasteiger partial charge in [-0.1, -0.05) is 18.5 Å². The average Bonchev–Trinajstić information content (AvgIpc) is 3.19. The summed E-state index contributed by atoms with van der Waals surface area (Å²) in [5.41, 5.74) is -0.792. The summed E-state index contributed by atoms with van der Waals surface area (Å²) in [4.78, 5) is 12.2. The van der Waals surface area contributed by atoms with E-state index in [1.54, 1.807) is 0 Å². The van der Waals surface area contributed by atoms with Gasteiger partial charge in [0.25, 0.3) is 0 Å². The van der Waals surface area contributed by atoms with Crippen LogP contribution in [0.3, 0.4) is 0 Å². The molecule has 1 heterocycles. The minimum Gasteiger partial charge on any atom is -0.352 e. The van der Waals surface area contributed by atoms with Crippen molar-refractivity contribution in [3.8, 4) is 0 Å². The number of carbonyl (C=O) groups is 1. The molecule has 124 valence electrons. The number of carbonyl (C=O) groups excluding carboxylic acids is 1. The molecule has 4 nitrogen and oxygen atoms in total. The molecule has 2 unspecified atom stereocenters. The molecule has 1 fully saturated rings. The highest BCUT2D eigenvalue weighted by Crippen LogP contribution is 2.47. The summed E-state index contributed by atoms with van der Waals surface area (Å²) in [6, 6.07) is -0.884. The highest BCUT2D eigenvalue weighted by Gasteiger charge is 2.43. The lowest BCUT2D eigenvalue weighted by molar-refractivity contribution is -0.141. The molecule has 22 heavy (non-hydrogen) atoms. The lowest BCUT2D eigenvalue weighted by atomic mass is 10.2. The van der Waals surface area contributed by atoms with Crippen molar-refractivity contribution >= 4 is 17.5 Å². The Morgan fingerprint density at radius 2 is 2.05 bits per heavy atom. The summed E-state index contributed by atoms with van der Waals surface area (Å²) in [5.74, 6) is -0.404. The Balaban J connectivity index is 2.35. The Morgan fingerprint density at radius 1 is 1.45 bits per heavy atom. The zero-order chi connectivity index (χ0) is 16.7. The standard InChI is InChI=1S/C14H19ClF3N3O/c1-4-7(2)19-13(22)8(3)21-11(9-5-6-9)10(15)12(20-21)14(16,17)18/h7-9H,4-6H2,1-3H3,(H,19,22). The molecular weight excluding hydrogens is 319 g/mol. The van der Waals surface area contributed by atoms with Crippen molar-refractivity contribution in [3.63, 3.8) is 0 Å². The molecule has 0 saturated heterocycles. The molecule has 1 N–H and O–H groups in total. The van der Waals surface area contributed by atoms with Gasteiger partial charge in [-0.3, -0.25) is 9.48 Å². The van der Waals surface area contributed by atoms with E-state index in [9.17, 15) is 18.0 Å². The van der Waals surface area contributed by atoms with E-state index in [0.29, 0.717) is 5.69 Å². The first-order valence-electron chi connectivity index (χ1n) is 7.32. The van der Waals surface area contributed by atoms with E-state index in [0.717, 1.165) is 23.9 Å². The molecule has 1 saturated carbocycles. The van der Waals surface area contributed by atoms with Gasteiger partial charge in [-0.05, 0) is 33.1 Å². The van der Waals surface area contributed by atoms with Crippen LogP contribution in [0.4, 0.5) is 13.2 Å². The normalized spacial score (nSPS) is 18.1. The summed E-state index contributed by atoms with van der Waals surface area (Å²) >= 11 is 5.90. The van der Waals surface area contributed by atoms with Gasteiger partial charge >= 0.3 is 6.18 Å². The van der Waals surface area contributed by atoms with Gasteiger partial charge in [0.2, 0.25) is 5.91 Å². The molecule has 0 radical (unpaired) electrons. The van der Waals surface area contributed by atoms with Crippen LogP contribution in [0.25, 0.3) is 0 Å². The molecule has 1 aromatic rings. The first-order chi connectivity index (χ1) is 10.2. The van der Waals surface area contributed by atoms with Crippen molar-refractivity contribution in [2.45, 2.75) is 64.2 Å². The molecule has 2 rings (SSSR count). The third-order valence-corrected chi connectivity index (χ3v) is 4.24. The molecule has 1 aromatic heterocycles. The van der Waals surface area contributed by atoms with Crippen molar-refractivity contribution in [1.29, 1.82) is 0 Å². The second-order valence-corrected chi connectivity index (χ2v) is 6.14. The number of rotatable bonds is 5. The Bertz CT molecular complexity index is 566. The molecule has 0 aromatic carbocycles. The van der Waals surface area contributed by atoms with Gasteiger partial charge in [-0.15, -0.1) is 0 Å². The zero-order valence-electron chi connectivity index (χ0n) is 12.7. The Labute approximate surface area is 132 Å². The van der Waals surface area contributed by atoms with Gasteiger partial charge in [0.15, 0.2) is 5.69 Å². The predicted molar refractivity (Wildman–Crippen MR) is 76.8 cm³/mol. The van der Waals surface area contributed by atoms with Crippen LogP contribution in [-0.4, -0.2) is 21.7 Å². The van der Waals surface area contributed by atoms with E-state index in [2.05, 4.69) is 10.4 Å². The topological polar surface area (TPSA) is 46.9 Å². The summed E-state index contributed by atoms with van der Waals surface area (Å²) in [5, 5.41) is 5.98. The van der Waals surface area contributed by atoms with E-state index in [-0.39, 0.29) is 22.9 Å². The summed E-state index contributed by atoms with van der Waals surface area (Å²) in [7, 11) is 0. The Kier molecular flexibility index (Phi) is 4.75. The number of hydrogen-bond acceptors (Lipinski definition) is 2. The van der Waals surface area contributed by atoms with E-state index in [1.807, 2.05) is 13.8 Å². The molecule has 0 spiro atoms. The van der Waals surface area contributed by atoms with Crippen LogP contribution in [-0.2, 0) is 11.0 Å². The van der Waals surface area contributed by atoms with Crippen molar-refractivity contribution < 1.29 is 18.0 Å². The van der Waals surface area contributed by atoms with E-state index in [4.69, 9.17) is 11.6 Å². The van der Waals surface area contributed by atoms with E-state index in [1.165, 1.54) is 6.92 Å². The number of halogens is 4. The monoisotopic (exact) mass is 337 g/mol. The smallest absolute Gasteiger partial charge is 0.352 e. The fourth-order valence-corrected chi connectivity index (χ4v) is 2.59. The lowest BCUT2D eigenvalue weighted by Gasteiger charge is -2.18. The quantitative estimate of drug-likeness (QED) is 0.885. The van der Waals surface area contributed by atoms with Crippen molar-refractivity contribution in [2.75, 3.05) is 0 Å². The minimum atomic E-state index is -4.63. The van der Waals surface area contributed by atoms with Crippen LogP contribution in [0.1, 0.15) is 63.4 Å². The van der Waals surface area contributed by atoms with Gasteiger partial charge in [-0.25, -0.2) is 0 Å². The first kappa shape index (κ1) is 17.1. The Hall–Kier alpha value is -1.24. The SMILES string of the molecule is CCC(C)NC(=O)C(C)n1nc(C(F)(F)F)c(Cl)c1C1CC1. The van der Waals surface area contributed by atoms with E-state index < -0.39 is 17.9 Å². The maximum atomic E-state index is 13.0. The van der Waals surface area contributed by atoms with Crippen LogP contribution in [0.2, 0.25) is 5.02 Å². The van der Waals surface area contributed by atoms with Gasteiger partial charge in [0, 0.05) is 12.0 Å². The number of amides is 1. The highest BCUT2D eigenvalue weighted by molar-refractivity contribution is 6.32. The zero-order valence-corrected chi connectivity index (χ0v) is 13.4. The minimum absolute atomic E-state index is 0.0463. The van der Waals surface area contributed by atoms with Crippen LogP contribution in [0, 0.1) is 0 Å². The third kappa shape index (κ3) is 3.39. The summed E-state index contributed by atoms with van der Waals surface area (Å²) in [6.45, 7) is 5.29. The molecule has 2 atom stereocenters. The second-order valence-electron chi connectivity index (χ2n) is 5.76. The molecule has 1 amide bonds. The van der Waals surface area contributed by atoms with Crippen molar-refractivity contribution in [3.05, 3.63) is 16.4 Å². The van der Waals surface area contributed by atoms with Gasteiger partial charge in [-0.2, -0.15) is 18.3 Å². The van der Waals surface area contributed by atoms with Crippen molar-refractivity contribution in [1.82, 2.24) is 15.1 Å². The maximum absolute atomic E-state index is 13.0. The van der Waals surface area contributed by atoms with Gasteiger partial charge in [0.1, 0.15) is 6.04 Å². The fourth-order valence-electron chi connectivity index (χ4n) is 2.20. The Morgan fingerprint density at radius 3 is 2.50 bits per heavy atom. The molecule has 1 aliphatic rings. The second kappa shape index (κ2) is 6.10. The van der Waals surface area contributed by atoms with Crippen LogP contribution >= 0.6 is 11.6 Å². The van der Waals surface area contributed by atoms with Crippen molar-refractivity contribution in [2.24, 2.45) is 0 Å². The fraction of sp³-hybridized carbons (Fsp3) is 0.714. The highest BCUT2D eigenvalue weighted by atomic mass is 35.5. The number of aromatic nitrogens is 2. The summed E-state index contributed by atoms with van der Waals surface area (Å²) < 4.78 is 40.1. The van der Waals surface area contributed by atoms with Crippen LogP contribution in [0.15, 0.2) is 0 Å². The number of alkyl halides is 3. The molecular formula is C14H19ClF3N3O. The average molecular weight is 338 g/mol. The van der Waals surface area contributed by atoms with Gasteiger partial charge < -0.3 is 5.32 Å². The molecule has 0 bridgehead atoms. The lowest BCUT2D eigenvalue weighted by Crippen LogP contribution is -2.37. The van der Waals surface area contributed by atoms with Crippen LogP contribution < -0.4 is 5.32 Å².